The van der Waals surface area contributed by atoms with Gasteiger partial charge in [0.05, 0.1) is 0 Å². The largest absolute Gasteiger partial charge is 0.477 e. The molecular formula is C14H18N2O2S2. The lowest BCUT2D eigenvalue weighted by molar-refractivity contribution is 0.0702. The van der Waals surface area contributed by atoms with Crippen LogP contribution in [-0.2, 0) is 6.54 Å². The van der Waals surface area contributed by atoms with Crippen LogP contribution < -0.4 is 0 Å². The van der Waals surface area contributed by atoms with Crippen LogP contribution in [0.3, 0.4) is 0 Å². The van der Waals surface area contributed by atoms with Gasteiger partial charge in [-0.15, -0.1) is 22.7 Å². The summed E-state index contributed by atoms with van der Waals surface area (Å²) in [5, 5.41) is 8.99. The molecule has 3 heterocycles. The molecule has 1 N–H and O–H groups in total. The smallest absolute Gasteiger partial charge is 0.345 e. The highest BCUT2D eigenvalue weighted by Crippen LogP contribution is 2.34. The maximum Gasteiger partial charge on any atom is 0.345 e. The number of thiophene rings is 2. The number of likely N-dealkylation sites (tertiary alicyclic amines) is 1. The number of carboxylic acids is 1. The summed E-state index contributed by atoms with van der Waals surface area (Å²) >= 11 is 3.09. The van der Waals surface area contributed by atoms with Gasteiger partial charge in [0, 0.05) is 33.4 Å². The average Bonchev–Trinajstić information content (AvgIpc) is 3.02. The molecule has 0 bridgehead atoms. The SMILES string of the molecule is CN1CCC(N(C)Cc2cc3sc(C(=O)O)cc3s2)C1. The van der Waals surface area contributed by atoms with E-state index < -0.39 is 5.97 Å². The summed E-state index contributed by atoms with van der Waals surface area (Å²) in [6.45, 7) is 3.27. The highest BCUT2D eigenvalue weighted by Gasteiger charge is 2.23. The quantitative estimate of drug-likeness (QED) is 0.943. The monoisotopic (exact) mass is 310 g/mol. The van der Waals surface area contributed by atoms with Crippen LogP contribution in [-0.4, -0.2) is 54.1 Å². The van der Waals surface area contributed by atoms with Gasteiger partial charge < -0.3 is 10.0 Å². The third kappa shape index (κ3) is 2.74. The van der Waals surface area contributed by atoms with Gasteiger partial charge in [-0.1, -0.05) is 0 Å². The van der Waals surface area contributed by atoms with Crippen LogP contribution in [0, 0.1) is 0 Å². The molecule has 20 heavy (non-hydrogen) atoms. The Morgan fingerprint density at radius 2 is 2.20 bits per heavy atom. The van der Waals surface area contributed by atoms with Gasteiger partial charge in [-0.3, -0.25) is 4.90 Å². The maximum atomic E-state index is 10.9. The molecule has 4 nitrogen and oxygen atoms in total. The molecule has 0 saturated carbocycles. The number of fused-ring (bicyclic) bond motifs is 1. The fourth-order valence-corrected chi connectivity index (χ4v) is 5.04. The minimum Gasteiger partial charge on any atom is -0.477 e. The molecule has 1 atom stereocenters. The van der Waals surface area contributed by atoms with E-state index >= 15 is 0 Å². The Bertz CT molecular complexity index is 603. The third-order valence-corrected chi connectivity index (χ3v) is 6.13. The highest BCUT2D eigenvalue weighted by molar-refractivity contribution is 7.28. The van der Waals surface area contributed by atoms with Crippen molar-refractivity contribution in [3.63, 3.8) is 0 Å². The molecule has 1 fully saturated rings. The van der Waals surface area contributed by atoms with Gasteiger partial charge >= 0.3 is 5.97 Å². The second-order valence-electron chi connectivity index (χ2n) is 5.48. The molecule has 108 valence electrons. The van der Waals surface area contributed by atoms with Crippen molar-refractivity contribution in [3.8, 4) is 0 Å². The predicted molar refractivity (Wildman–Crippen MR) is 84.0 cm³/mol. The zero-order valence-corrected chi connectivity index (χ0v) is 13.3. The molecule has 1 saturated heterocycles. The van der Waals surface area contributed by atoms with Crippen molar-refractivity contribution >= 4 is 38.0 Å². The molecule has 1 unspecified atom stereocenters. The Kier molecular flexibility index (Phi) is 3.81. The minimum atomic E-state index is -0.828. The van der Waals surface area contributed by atoms with Crippen LogP contribution in [0.1, 0.15) is 21.0 Å². The molecule has 3 rings (SSSR count). The van der Waals surface area contributed by atoms with Gasteiger partial charge in [0.25, 0.3) is 0 Å². The molecule has 0 spiro atoms. The number of hydrogen-bond acceptors (Lipinski definition) is 5. The van der Waals surface area contributed by atoms with E-state index in [1.165, 1.54) is 29.2 Å². The van der Waals surface area contributed by atoms with Gasteiger partial charge in [-0.25, -0.2) is 4.79 Å². The summed E-state index contributed by atoms with van der Waals surface area (Å²) in [5.74, 6) is -0.828. The van der Waals surface area contributed by atoms with E-state index in [1.54, 1.807) is 17.4 Å². The Hall–Kier alpha value is -0.950. The third-order valence-electron chi connectivity index (χ3n) is 3.86. The summed E-state index contributed by atoms with van der Waals surface area (Å²) in [6, 6.07) is 4.57. The summed E-state index contributed by atoms with van der Waals surface area (Å²) in [6.07, 6.45) is 1.23. The van der Waals surface area contributed by atoms with E-state index in [2.05, 4.69) is 30.0 Å². The number of aromatic carboxylic acids is 1. The summed E-state index contributed by atoms with van der Waals surface area (Å²) in [7, 11) is 4.35. The van der Waals surface area contributed by atoms with E-state index in [9.17, 15) is 4.79 Å². The molecule has 0 radical (unpaired) electrons. The normalized spacial score (nSPS) is 20.2. The summed E-state index contributed by atoms with van der Waals surface area (Å²) in [4.78, 5) is 17.5. The van der Waals surface area contributed by atoms with Gasteiger partial charge in [0.1, 0.15) is 4.88 Å². The van der Waals surface area contributed by atoms with E-state index in [0.29, 0.717) is 10.9 Å². The summed E-state index contributed by atoms with van der Waals surface area (Å²) in [5.41, 5.74) is 0. The maximum absolute atomic E-state index is 10.9. The number of rotatable bonds is 4. The molecular weight excluding hydrogens is 292 g/mol. The van der Waals surface area contributed by atoms with Crippen molar-refractivity contribution in [1.82, 2.24) is 9.80 Å². The standard InChI is InChI=1S/C14H18N2O2S2/c1-15-4-3-9(7-15)16(2)8-10-5-11-12(19-10)6-13(20-11)14(17)18/h5-6,9H,3-4,7-8H2,1-2H3,(H,17,18). The van der Waals surface area contributed by atoms with Crippen LogP contribution in [0.15, 0.2) is 12.1 Å². The first-order valence-corrected chi connectivity index (χ1v) is 8.30. The zero-order chi connectivity index (χ0) is 14.3. The van der Waals surface area contributed by atoms with Crippen molar-refractivity contribution in [2.45, 2.75) is 19.0 Å². The molecule has 2 aromatic rings. The van der Waals surface area contributed by atoms with Crippen LogP contribution >= 0.6 is 22.7 Å². The number of hydrogen-bond donors (Lipinski definition) is 1. The molecule has 1 aliphatic rings. The highest BCUT2D eigenvalue weighted by atomic mass is 32.1. The number of carbonyl (C=O) groups is 1. The van der Waals surface area contributed by atoms with Crippen molar-refractivity contribution in [2.75, 3.05) is 27.2 Å². The lowest BCUT2D eigenvalue weighted by Gasteiger charge is -2.23. The zero-order valence-electron chi connectivity index (χ0n) is 11.6. The second kappa shape index (κ2) is 5.44. The Morgan fingerprint density at radius 1 is 1.45 bits per heavy atom. The van der Waals surface area contributed by atoms with Crippen molar-refractivity contribution in [3.05, 3.63) is 21.9 Å². The van der Waals surface area contributed by atoms with Crippen molar-refractivity contribution in [1.29, 1.82) is 0 Å². The van der Waals surface area contributed by atoms with Gasteiger partial charge in [0.15, 0.2) is 0 Å². The Labute approximate surface area is 126 Å². The average molecular weight is 310 g/mol. The summed E-state index contributed by atoms with van der Waals surface area (Å²) < 4.78 is 2.19. The van der Waals surface area contributed by atoms with E-state index in [1.807, 2.05) is 0 Å². The van der Waals surface area contributed by atoms with Crippen LogP contribution in [0.2, 0.25) is 0 Å². The van der Waals surface area contributed by atoms with Gasteiger partial charge in [-0.05, 0) is 39.2 Å². The molecule has 0 aromatic carbocycles. The van der Waals surface area contributed by atoms with Gasteiger partial charge in [-0.2, -0.15) is 0 Å². The molecule has 2 aromatic heterocycles. The number of nitrogens with zero attached hydrogens (tertiary/aromatic N) is 2. The first kappa shape index (κ1) is 14.0. The van der Waals surface area contributed by atoms with Crippen LogP contribution in [0.25, 0.3) is 9.40 Å². The fraction of sp³-hybridized carbons (Fsp3) is 0.500. The first-order valence-electron chi connectivity index (χ1n) is 6.67. The van der Waals surface area contributed by atoms with E-state index in [4.69, 9.17) is 5.11 Å². The van der Waals surface area contributed by atoms with Crippen LogP contribution in [0.5, 0.6) is 0 Å². The van der Waals surface area contributed by atoms with Gasteiger partial charge in [0.2, 0.25) is 0 Å². The predicted octanol–water partition coefficient (Wildman–Crippen LogP) is 2.80. The fourth-order valence-electron chi connectivity index (χ4n) is 2.72. The second-order valence-corrected chi connectivity index (χ2v) is 7.73. The topological polar surface area (TPSA) is 43.8 Å². The Morgan fingerprint density at radius 3 is 2.80 bits per heavy atom. The molecule has 6 heteroatoms. The Balaban J connectivity index is 1.71. The lowest BCUT2D eigenvalue weighted by atomic mass is 10.2. The van der Waals surface area contributed by atoms with Crippen molar-refractivity contribution in [2.24, 2.45) is 0 Å². The van der Waals surface area contributed by atoms with Crippen molar-refractivity contribution < 1.29 is 9.90 Å². The molecule has 0 aliphatic carbocycles. The van der Waals surface area contributed by atoms with Crippen LogP contribution in [0.4, 0.5) is 0 Å². The number of carboxylic acid groups (broad SMARTS) is 1. The first-order chi connectivity index (χ1) is 9.52. The van der Waals surface area contributed by atoms with E-state index in [-0.39, 0.29) is 0 Å². The molecule has 1 aliphatic heterocycles. The van der Waals surface area contributed by atoms with E-state index in [0.717, 1.165) is 22.5 Å². The molecule has 0 amide bonds. The lowest BCUT2D eigenvalue weighted by Crippen LogP contribution is -2.32. The minimum absolute atomic E-state index is 0.434. The number of likely N-dealkylation sites (N-methyl/N-ethyl adjacent to an activating group) is 2.